The number of sulfonamides is 1. The Morgan fingerprint density at radius 2 is 1.78 bits per heavy atom. The number of hydrogen-bond acceptors (Lipinski definition) is 5. The Labute approximate surface area is 159 Å². The number of esters is 1. The minimum atomic E-state index is -3.72. The molecule has 27 heavy (non-hydrogen) atoms. The van der Waals surface area contributed by atoms with Crippen molar-refractivity contribution in [3.8, 4) is 0 Å². The highest BCUT2D eigenvalue weighted by Crippen LogP contribution is 2.14. The first-order chi connectivity index (χ1) is 12.6. The fourth-order valence-electron chi connectivity index (χ4n) is 2.59. The maximum atomic E-state index is 12.3. The molecule has 0 spiro atoms. The van der Waals surface area contributed by atoms with Crippen LogP contribution >= 0.6 is 0 Å². The fraction of sp³-hybridized carbons (Fsp3) is 0.300. The van der Waals surface area contributed by atoms with Crippen LogP contribution in [0.5, 0.6) is 0 Å². The van der Waals surface area contributed by atoms with Crippen molar-refractivity contribution in [1.82, 2.24) is 4.72 Å². The topological polar surface area (TPSA) is 89.5 Å². The predicted molar refractivity (Wildman–Crippen MR) is 102 cm³/mol. The SMILES string of the molecule is Cc1ccc(C(=O)COC(=O)c2cccc(S(=O)(=O)NC(C)C)c2)c(C)c1. The number of carbonyl (C=O) groups excluding carboxylic acids is 2. The molecule has 7 heteroatoms. The third-order valence-electron chi connectivity index (χ3n) is 3.79. The summed E-state index contributed by atoms with van der Waals surface area (Å²) in [6.45, 7) is 6.74. The van der Waals surface area contributed by atoms with E-state index in [1.54, 1.807) is 19.9 Å². The molecule has 0 amide bonds. The molecule has 0 heterocycles. The number of aryl methyl sites for hydroxylation is 2. The van der Waals surface area contributed by atoms with Gasteiger partial charge in [-0.3, -0.25) is 4.79 Å². The maximum absolute atomic E-state index is 12.3. The van der Waals surface area contributed by atoms with Crippen LogP contribution in [0.3, 0.4) is 0 Å². The summed E-state index contributed by atoms with van der Waals surface area (Å²) in [6.07, 6.45) is 0. The lowest BCUT2D eigenvalue weighted by Gasteiger charge is -2.11. The van der Waals surface area contributed by atoms with E-state index in [2.05, 4.69) is 4.72 Å². The Balaban J connectivity index is 2.10. The van der Waals surface area contributed by atoms with Gasteiger partial charge in [-0.15, -0.1) is 0 Å². The zero-order chi connectivity index (χ0) is 20.2. The summed E-state index contributed by atoms with van der Waals surface area (Å²) in [7, 11) is -3.72. The quantitative estimate of drug-likeness (QED) is 0.581. The standard InChI is InChI=1S/C20H23NO5S/c1-13(2)21-27(24,25)17-7-5-6-16(11-17)20(23)26-12-19(22)18-9-8-14(3)10-15(18)4/h5-11,13,21H,12H2,1-4H3. The van der Waals surface area contributed by atoms with Gasteiger partial charge in [-0.1, -0.05) is 29.8 Å². The minimum absolute atomic E-state index is 0.0358. The molecule has 0 aromatic heterocycles. The Morgan fingerprint density at radius 1 is 1.07 bits per heavy atom. The molecule has 0 atom stereocenters. The van der Waals surface area contributed by atoms with Crippen molar-refractivity contribution in [3.63, 3.8) is 0 Å². The average Bonchev–Trinajstić information content (AvgIpc) is 2.58. The second-order valence-electron chi connectivity index (χ2n) is 6.62. The van der Waals surface area contributed by atoms with Gasteiger partial charge in [-0.2, -0.15) is 0 Å². The Kier molecular flexibility index (Phi) is 6.51. The summed E-state index contributed by atoms with van der Waals surface area (Å²) in [5, 5.41) is 0. The zero-order valence-electron chi connectivity index (χ0n) is 15.8. The molecule has 2 aromatic carbocycles. The molecule has 144 valence electrons. The van der Waals surface area contributed by atoms with Crippen molar-refractivity contribution in [2.75, 3.05) is 6.61 Å². The maximum Gasteiger partial charge on any atom is 0.338 e. The van der Waals surface area contributed by atoms with E-state index < -0.39 is 22.6 Å². The Hall–Kier alpha value is -2.51. The first kappa shape index (κ1) is 20.8. The van der Waals surface area contributed by atoms with Crippen molar-refractivity contribution in [2.24, 2.45) is 0 Å². The van der Waals surface area contributed by atoms with Crippen molar-refractivity contribution >= 4 is 21.8 Å². The van der Waals surface area contributed by atoms with Gasteiger partial charge < -0.3 is 4.74 Å². The lowest BCUT2D eigenvalue weighted by Crippen LogP contribution is -2.30. The summed E-state index contributed by atoms with van der Waals surface area (Å²) < 4.78 is 32.0. The zero-order valence-corrected chi connectivity index (χ0v) is 16.6. The molecule has 0 bridgehead atoms. The van der Waals surface area contributed by atoms with E-state index in [0.717, 1.165) is 11.1 Å². The highest BCUT2D eigenvalue weighted by atomic mass is 32.2. The third-order valence-corrected chi connectivity index (χ3v) is 5.44. The normalized spacial score (nSPS) is 11.4. The Morgan fingerprint density at radius 3 is 2.41 bits per heavy atom. The summed E-state index contributed by atoms with van der Waals surface area (Å²) in [4.78, 5) is 24.5. The molecule has 0 unspecified atom stereocenters. The van der Waals surface area contributed by atoms with E-state index in [9.17, 15) is 18.0 Å². The van der Waals surface area contributed by atoms with Crippen LogP contribution in [0.1, 0.15) is 45.7 Å². The number of ether oxygens (including phenoxy) is 1. The number of carbonyl (C=O) groups is 2. The molecule has 0 aliphatic heterocycles. The number of rotatable bonds is 7. The Bertz CT molecular complexity index is 964. The van der Waals surface area contributed by atoms with Gasteiger partial charge in [0.15, 0.2) is 6.61 Å². The fourth-order valence-corrected chi connectivity index (χ4v) is 3.88. The van der Waals surface area contributed by atoms with Gasteiger partial charge in [-0.25, -0.2) is 17.9 Å². The first-order valence-corrected chi connectivity index (χ1v) is 9.98. The van der Waals surface area contributed by atoms with Gasteiger partial charge in [-0.05, 0) is 51.5 Å². The van der Waals surface area contributed by atoms with Crippen LogP contribution in [0.4, 0.5) is 0 Å². The number of ketones is 1. The molecular weight excluding hydrogens is 366 g/mol. The molecule has 0 saturated heterocycles. The van der Waals surface area contributed by atoms with Crippen LogP contribution < -0.4 is 4.72 Å². The highest BCUT2D eigenvalue weighted by Gasteiger charge is 2.19. The van der Waals surface area contributed by atoms with Crippen LogP contribution in [-0.4, -0.2) is 32.8 Å². The van der Waals surface area contributed by atoms with Crippen LogP contribution in [0.15, 0.2) is 47.4 Å². The molecular formula is C20H23NO5S. The predicted octanol–water partition coefficient (Wildman–Crippen LogP) is 3.03. The van der Waals surface area contributed by atoms with E-state index in [4.69, 9.17) is 4.74 Å². The van der Waals surface area contributed by atoms with Crippen LogP contribution in [-0.2, 0) is 14.8 Å². The molecule has 0 aliphatic rings. The van der Waals surface area contributed by atoms with Crippen LogP contribution in [0, 0.1) is 13.8 Å². The minimum Gasteiger partial charge on any atom is -0.454 e. The molecule has 0 fully saturated rings. The largest absolute Gasteiger partial charge is 0.454 e. The van der Waals surface area contributed by atoms with Crippen LogP contribution in [0.25, 0.3) is 0 Å². The van der Waals surface area contributed by atoms with Gasteiger partial charge >= 0.3 is 5.97 Å². The van der Waals surface area contributed by atoms with E-state index in [1.165, 1.54) is 24.3 Å². The number of benzene rings is 2. The summed E-state index contributed by atoms with van der Waals surface area (Å²) in [5.74, 6) is -1.07. The van der Waals surface area contributed by atoms with Crippen LogP contribution in [0.2, 0.25) is 0 Å². The summed E-state index contributed by atoms with van der Waals surface area (Å²) in [6, 6.07) is 10.6. The number of hydrogen-bond donors (Lipinski definition) is 1. The lowest BCUT2D eigenvalue weighted by atomic mass is 10.0. The molecule has 0 radical (unpaired) electrons. The lowest BCUT2D eigenvalue weighted by molar-refractivity contribution is 0.0474. The summed E-state index contributed by atoms with van der Waals surface area (Å²) in [5.41, 5.74) is 2.40. The average molecular weight is 389 g/mol. The molecule has 2 rings (SSSR count). The van der Waals surface area contributed by atoms with Gasteiger partial charge in [0.25, 0.3) is 0 Å². The highest BCUT2D eigenvalue weighted by molar-refractivity contribution is 7.89. The second-order valence-corrected chi connectivity index (χ2v) is 8.34. The van der Waals surface area contributed by atoms with Crippen molar-refractivity contribution < 1.29 is 22.7 Å². The number of nitrogens with one attached hydrogen (secondary N) is 1. The molecule has 6 nitrogen and oxygen atoms in total. The van der Waals surface area contributed by atoms with Crippen molar-refractivity contribution in [1.29, 1.82) is 0 Å². The third kappa shape index (κ3) is 5.48. The second kappa shape index (κ2) is 8.45. The molecule has 2 aromatic rings. The summed E-state index contributed by atoms with van der Waals surface area (Å²) >= 11 is 0. The monoisotopic (exact) mass is 389 g/mol. The van der Waals surface area contributed by atoms with E-state index >= 15 is 0 Å². The molecule has 1 N–H and O–H groups in total. The molecule has 0 saturated carbocycles. The van der Waals surface area contributed by atoms with Gasteiger partial charge in [0.2, 0.25) is 15.8 Å². The number of Topliss-reactive ketones (excluding diaryl/α,β-unsaturated/α-hetero) is 1. The van der Waals surface area contributed by atoms with Crippen molar-refractivity contribution in [3.05, 3.63) is 64.7 Å². The smallest absolute Gasteiger partial charge is 0.338 e. The van der Waals surface area contributed by atoms with Gasteiger partial charge in [0.05, 0.1) is 10.5 Å². The first-order valence-electron chi connectivity index (χ1n) is 8.50. The molecule has 0 aliphatic carbocycles. The van der Waals surface area contributed by atoms with Crippen molar-refractivity contribution in [2.45, 2.75) is 38.6 Å². The van der Waals surface area contributed by atoms with Gasteiger partial charge in [0, 0.05) is 11.6 Å². The van der Waals surface area contributed by atoms with E-state index in [0.29, 0.717) is 5.56 Å². The van der Waals surface area contributed by atoms with Gasteiger partial charge in [0.1, 0.15) is 0 Å². The van der Waals surface area contributed by atoms with E-state index in [-0.39, 0.29) is 22.3 Å². The van der Waals surface area contributed by atoms with E-state index in [1.807, 2.05) is 26.0 Å².